The van der Waals surface area contributed by atoms with Crippen molar-refractivity contribution >= 4 is 18.0 Å². The van der Waals surface area contributed by atoms with Gasteiger partial charge < -0.3 is 18.9 Å². The number of carbonyl (C=O) groups is 2. The van der Waals surface area contributed by atoms with Gasteiger partial charge in [0, 0.05) is 17.3 Å². The van der Waals surface area contributed by atoms with E-state index in [-0.39, 0.29) is 23.2 Å². The van der Waals surface area contributed by atoms with Gasteiger partial charge in [-0.25, -0.2) is 9.78 Å². The number of hydrogen-bond acceptors (Lipinski definition) is 8. The summed E-state index contributed by atoms with van der Waals surface area (Å²) < 4.78 is 71.0. The molecule has 0 bridgehead atoms. The summed E-state index contributed by atoms with van der Waals surface area (Å²) in [6, 6.07) is 11.1. The Kier molecular flexibility index (Phi) is 7.30. The lowest BCUT2D eigenvalue weighted by molar-refractivity contribution is -0.274. The number of nitrogens with one attached hydrogen (secondary N) is 1. The van der Waals surface area contributed by atoms with Crippen LogP contribution in [0.25, 0.3) is 23.1 Å². The van der Waals surface area contributed by atoms with Crippen LogP contribution in [0.4, 0.5) is 32.6 Å². The maximum absolute atomic E-state index is 12.4. The first kappa shape index (κ1) is 24.0. The van der Waals surface area contributed by atoms with Crippen molar-refractivity contribution in [3.63, 3.8) is 0 Å². The Morgan fingerprint density at radius 2 is 1.71 bits per heavy atom. The summed E-state index contributed by atoms with van der Waals surface area (Å²) >= 11 is 0. The van der Waals surface area contributed by atoms with Crippen molar-refractivity contribution in [2.24, 2.45) is 0 Å². The second kappa shape index (κ2) is 10.3. The summed E-state index contributed by atoms with van der Waals surface area (Å²) in [7, 11) is 0. The molecule has 0 fully saturated rings. The number of benzene rings is 1. The number of halogens is 5. The topological polar surface area (TPSA) is 120 Å². The number of amides is 1. The predicted octanol–water partition coefficient (Wildman–Crippen LogP) is 5.59. The summed E-state index contributed by atoms with van der Waals surface area (Å²) in [4.78, 5) is 24.5. The lowest BCUT2D eigenvalue weighted by atomic mass is 10.2. The number of hydrogen-bond donors (Lipinski definition) is 1. The fourth-order valence-electron chi connectivity index (χ4n) is 2.49. The molecule has 9 nitrogen and oxygen atoms in total. The van der Waals surface area contributed by atoms with Gasteiger partial charge in [0.05, 0.1) is 6.26 Å². The average molecular weight is 482 g/mol. The van der Waals surface area contributed by atoms with Gasteiger partial charge in [-0.2, -0.15) is 0 Å². The first-order valence-corrected chi connectivity index (χ1v) is 8.96. The lowest BCUT2D eigenvalue weighted by Gasteiger charge is -2.10. The molecule has 4 aromatic rings. The van der Waals surface area contributed by atoms with Crippen molar-refractivity contribution in [2.75, 3.05) is 5.32 Å². The van der Waals surface area contributed by atoms with Crippen molar-refractivity contribution < 1.29 is 45.1 Å². The number of anilines is 1. The number of alkyl halides is 3. The molecule has 34 heavy (non-hydrogen) atoms. The normalized spacial score (nSPS) is 10.7. The molecule has 0 aliphatic rings. The van der Waals surface area contributed by atoms with Gasteiger partial charge in [-0.3, -0.25) is 4.79 Å². The van der Waals surface area contributed by atoms with Crippen LogP contribution >= 0.6 is 0 Å². The molecule has 0 unspecified atom stereocenters. The largest absolute Gasteiger partial charge is 0.573 e. The van der Waals surface area contributed by atoms with Gasteiger partial charge in [0.15, 0.2) is 5.76 Å². The van der Waals surface area contributed by atoms with Crippen molar-refractivity contribution in [1.82, 2.24) is 15.2 Å². The smallest absolute Gasteiger partial charge is 0.459 e. The molecule has 3 heterocycles. The van der Waals surface area contributed by atoms with E-state index in [4.69, 9.17) is 13.6 Å². The van der Waals surface area contributed by atoms with Gasteiger partial charge in [-0.05, 0) is 42.5 Å². The standard InChI is InChI=1S/C19H11F3N4O4.CF2O/c20-19(21,22)30-13-4-1-3-11(9-13)16(27)24-15-10-12(6-7-23-15)17-25-26-18(29-17)14-5-2-8-28-14;2-1(3)4/h1-10H,(H,23,24,27);. The number of ether oxygens (including phenoxy) is 1. The number of nitrogens with zero attached hydrogens (tertiary/aromatic N) is 3. The van der Waals surface area contributed by atoms with E-state index in [1.54, 1.807) is 18.2 Å². The molecule has 176 valence electrons. The highest BCUT2D eigenvalue weighted by molar-refractivity contribution is 6.04. The molecule has 1 amide bonds. The Morgan fingerprint density at radius 3 is 2.38 bits per heavy atom. The Hall–Kier alpha value is -4.62. The Bertz CT molecular complexity index is 1270. The maximum atomic E-state index is 12.4. The van der Waals surface area contributed by atoms with Gasteiger partial charge in [0.2, 0.25) is 5.89 Å². The van der Waals surface area contributed by atoms with Gasteiger partial charge in [-0.15, -0.1) is 32.1 Å². The lowest BCUT2D eigenvalue weighted by Crippen LogP contribution is -2.18. The molecule has 14 heteroatoms. The highest BCUT2D eigenvalue weighted by Crippen LogP contribution is 2.26. The third-order valence-electron chi connectivity index (χ3n) is 3.74. The average Bonchev–Trinajstić information content (AvgIpc) is 3.44. The van der Waals surface area contributed by atoms with Crippen LogP contribution in [0, 0.1) is 0 Å². The van der Waals surface area contributed by atoms with E-state index in [1.807, 2.05) is 0 Å². The predicted molar refractivity (Wildman–Crippen MR) is 104 cm³/mol. The van der Waals surface area contributed by atoms with E-state index in [0.717, 1.165) is 12.1 Å². The zero-order valence-corrected chi connectivity index (χ0v) is 16.5. The fraction of sp³-hybridized carbons (Fsp3) is 0.0500. The number of carbonyl (C=O) groups excluding carboxylic acids is 2. The van der Waals surface area contributed by atoms with E-state index >= 15 is 0 Å². The summed E-state index contributed by atoms with van der Waals surface area (Å²) in [6.45, 7) is 0. The van der Waals surface area contributed by atoms with Crippen LogP contribution in [0.5, 0.6) is 5.75 Å². The second-order valence-corrected chi connectivity index (χ2v) is 6.07. The van der Waals surface area contributed by atoms with Crippen LogP contribution in [0.3, 0.4) is 0 Å². The summed E-state index contributed by atoms with van der Waals surface area (Å²) in [5, 5.41) is 10.3. The Balaban J connectivity index is 0.000000751. The molecule has 0 spiro atoms. The van der Waals surface area contributed by atoms with Crippen LogP contribution in [-0.2, 0) is 0 Å². The first-order chi connectivity index (χ1) is 16.1. The summed E-state index contributed by atoms with van der Waals surface area (Å²) in [5.74, 6) is -0.296. The monoisotopic (exact) mass is 482 g/mol. The van der Waals surface area contributed by atoms with Crippen molar-refractivity contribution in [1.29, 1.82) is 0 Å². The highest BCUT2D eigenvalue weighted by Gasteiger charge is 2.31. The second-order valence-electron chi connectivity index (χ2n) is 6.07. The Labute approximate surface area is 186 Å². The van der Waals surface area contributed by atoms with E-state index in [2.05, 4.69) is 25.2 Å². The molecular weight excluding hydrogens is 471 g/mol. The zero-order valence-electron chi connectivity index (χ0n) is 16.5. The van der Waals surface area contributed by atoms with Crippen LogP contribution in [0.1, 0.15) is 10.4 Å². The highest BCUT2D eigenvalue weighted by atomic mass is 19.4. The minimum atomic E-state index is -4.86. The molecule has 0 radical (unpaired) electrons. The Morgan fingerprint density at radius 1 is 0.971 bits per heavy atom. The number of furan rings is 1. The molecule has 0 atom stereocenters. The molecule has 1 aromatic carbocycles. The summed E-state index contributed by atoms with van der Waals surface area (Å²) in [5.41, 5.74) is 0.432. The number of aromatic nitrogens is 3. The van der Waals surface area contributed by atoms with Gasteiger partial charge in [0.25, 0.3) is 11.8 Å². The van der Waals surface area contributed by atoms with E-state index < -0.39 is 24.3 Å². The quantitative estimate of drug-likeness (QED) is 0.289. The maximum Gasteiger partial charge on any atom is 0.573 e. The van der Waals surface area contributed by atoms with E-state index in [9.17, 15) is 26.7 Å². The van der Waals surface area contributed by atoms with Crippen LogP contribution < -0.4 is 10.1 Å². The first-order valence-electron chi connectivity index (χ1n) is 8.96. The fourth-order valence-corrected chi connectivity index (χ4v) is 2.49. The number of pyridine rings is 1. The van der Waals surface area contributed by atoms with Crippen molar-refractivity contribution in [3.8, 4) is 28.9 Å². The molecular formula is C20H11F5N4O5. The summed E-state index contributed by atoms with van der Waals surface area (Å²) in [6.07, 6.45) is -4.82. The zero-order chi connectivity index (χ0) is 24.7. The van der Waals surface area contributed by atoms with Crippen molar-refractivity contribution in [2.45, 2.75) is 6.36 Å². The SMILES string of the molecule is O=C(F)F.O=C(Nc1cc(-c2nnc(-c3ccco3)o2)ccn1)c1cccc(OC(F)(F)F)c1. The van der Waals surface area contributed by atoms with Gasteiger partial charge in [-0.1, -0.05) is 6.07 Å². The van der Waals surface area contributed by atoms with Crippen LogP contribution in [-0.4, -0.2) is 33.7 Å². The van der Waals surface area contributed by atoms with Gasteiger partial charge >= 0.3 is 12.7 Å². The number of rotatable bonds is 5. The molecule has 1 N–H and O–H groups in total. The minimum Gasteiger partial charge on any atom is -0.459 e. The van der Waals surface area contributed by atoms with Gasteiger partial charge in [0.1, 0.15) is 11.6 Å². The molecule has 0 aliphatic carbocycles. The molecule has 0 saturated heterocycles. The van der Waals surface area contributed by atoms with Crippen LogP contribution in [0.2, 0.25) is 0 Å². The molecule has 0 aliphatic heterocycles. The van der Waals surface area contributed by atoms with E-state index in [1.165, 1.54) is 30.7 Å². The molecule has 4 rings (SSSR count). The van der Waals surface area contributed by atoms with Crippen molar-refractivity contribution in [3.05, 3.63) is 66.6 Å². The van der Waals surface area contributed by atoms with Crippen LogP contribution in [0.15, 0.2) is 69.8 Å². The molecule has 0 saturated carbocycles. The molecule has 3 aromatic heterocycles. The third kappa shape index (κ3) is 6.94. The van der Waals surface area contributed by atoms with E-state index in [0.29, 0.717) is 11.3 Å². The third-order valence-corrected chi connectivity index (χ3v) is 3.74. The minimum absolute atomic E-state index is 0.0400.